The number of hydrogen-bond acceptors (Lipinski definition) is 8. The Kier molecular flexibility index (Phi) is 5.62. The van der Waals surface area contributed by atoms with Gasteiger partial charge in [-0.2, -0.15) is 0 Å². The van der Waals surface area contributed by atoms with E-state index in [0.717, 1.165) is 0 Å². The largest absolute Gasteiger partial charge is 0.486 e. The number of esters is 1. The number of carbonyl (C=O) groups excluding carboxylic acids is 1. The number of nitro benzene ring substituents is 1. The third kappa shape index (κ3) is 4.41. The van der Waals surface area contributed by atoms with Crippen molar-refractivity contribution in [1.29, 1.82) is 0 Å². The Morgan fingerprint density at radius 3 is 2.73 bits per heavy atom. The second kappa shape index (κ2) is 8.66. The number of rotatable bonds is 7. The first-order chi connectivity index (χ1) is 14.6. The smallest absolute Gasteiger partial charge is 0.374 e. The maximum absolute atomic E-state index is 12.3. The lowest BCUT2D eigenvalue weighted by Crippen LogP contribution is -2.15. The Morgan fingerprint density at radius 1 is 1.10 bits per heavy atom. The summed E-state index contributed by atoms with van der Waals surface area (Å²) < 4.78 is 26.9. The molecule has 0 atom stereocenters. The van der Waals surface area contributed by atoms with Gasteiger partial charge in [0, 0.05) is 23.3 Å². The number of fused-ring (bicyclic) bond motifs is 1. The highest BCUT2D eigenvalue weighted by Crippen LogP contribution is 2.33. The predicted octanol–water partition coefficient (Wildman–Crippen LogP) is 3.99. The van der Waals surface area contributed by atoms with Crippen molar-refractivity contribution in [1.82, 2.24) is 0 Å². The van der Waals surface area contributed by atoms with Gasteiger partial charge in [-0.05, 0) is 24.3 Å². The third-order valence-electron chi connectivity index (χ3n) is 4.33. The normalized spacial score (nSPS) is 12.5. The van der Waals surface area contributed by atoms with Gasteiger partial charge in [0.2, 0.25) is 5.76 Å². The molecule has 0 amide bonds. The molecule has 0 fully saturated rings. The van der Waals surface area contributed by atoms with Gasteiger partial charge in [-0.1, -0.05) is 18.2 Å². The van der Waals surface area contributed by atoms with Gasteiger partial charge in [-0.15, -0.1) is 0 Å². The van der Waals surface area contributed by atoms with Crippen molar-refractivity contribution in [3.8, 4) is 11.5 Å². The fourth-order valence-corrected chi connectivity index (χ4v) is 2.94. The summed E-state index contributed by atoms with van der Waals surface area (Å²) >= 11 is 0. The topological polar surface area (TPSA) is 110 Å². The maximum Gasteiger partial charge on any atom is 0.374 e. The minimum Gasteiger partial charge on any atom is -0.486 e. The standard InChI is InChI=1S/C21H17NO8/c23-21(19-7-6-18(30-19)12-27-17-4-2-1-3-5-17)28-11-15-9-16(22(24)25)8-14-10-26-13-29-20(14)15/h1-9H,10-13H2. The molecule has 30 heavy (non-hydrogen) atoms. The first kappa shape index (κ1) is 19.5. The molecule has 1 aromatic heterocycles. The lowest BCUT2D eigenvalue weighted by Gasteiger charge is -2.20. The lowest BCUT2D eigenvalue weighted by atomic mass is 10.1. The van der Waals surface area contributed by atoms with Crippen LogP contribution in [0.4, 0.5) is 5.69 Å². The summed E-state index contributed by atoms with van der Waals surface area (Å²) in [5, 5.41) is 11.2. The summed E-state index contributed by atoms with van der Waals surface area (Å²) in [6, 6.07) is 15.0. The Bertz CT molecular complexity index is 1060. The van der Waals surface area contributed by atoms with Crippen LogP contribution in [0.2, 0.25) is 0 Å². The van der Waals surface area contributed by atoms with E-state index in [9.17, 15) is 14.9 Å². The van der Waals surface area contributed by atoms with E-state index in [-0.39, 0.29) is 38.1 Å². The summed E-state index contributed by atoms with van der Waals surface area (Å²) in [6.07, 6.45) is 0. The molecule has 0 bridgehead atoms. The van der Waals surface area contributed by atoms with Crippen LogP contribution in [0.25, 0.3) is 0 Å². The van der Waals surface area contributed by atoms with Crippen LogP contribution in [0.3, 0.4) is 0 Å². The molecular weight excluding hydrogens is 394 g/mol. The second-order valence-corrected chi connectivity index (χ2v) is 6.40. The lowest BCUT2D eigenvalue weighted by molar-refractivity contribution is -0.385. The van der Waals surface area contributed by atoms with Gasteiger partial charge in [0.05, 0.1) is 11.5 Å². The van der Waals surface area contributed by atoms with E-state index in [4.69, 9.17) is 23.4 Å². The van der Waals surface area contributed by atoms with Gasteiger partial charge in [-0.25, -0.2) is 4.79 Å². The Hall–Kier alpha value is -3.85. The van der Waals surface area contributed by atoms with E-state index in [2.05, 4.69) is 0 Å². The van der Waals surface area contributed by atoms with Gasteiger partial charge in [0.25, 0.3) is 5.69 Å². The van der Waals surface area contributed by atoms with Crippen LogP contribution in [0.15, 0.2) is 59.0 Å². The molecule has 9 nitrogen and oxygen atoms in total. The molecule has 0 radical (unpaired) electrons. The summed E-state index contributed by atoms with van der Waals surface area (Å²) in [6.45, 7) is 0.151. The first-order valence-electron chi connectivity index (χ1n) is 9.04. The fraction of sp³-hybridized carbons (Fsp3) is 0.190. The van der Waals surface area contributed by atoms with Crippen LogP contribution >= 0.6 is 0 Å². The van der Waals surface area contributed by atoms with E-state index in [1.54, 1.807) is 6.07 Å². The molecule has 1 aliphatic heterocycles. The van der Waals surface area contributed by atoms with Crippen LogP contribution in [-0.4, -0.2) is 17.7 Å². The molecule has 1 aliphatic rings. The number of para-hydroxylation sites is 1. The number of nitro groups is 1. The quantitative estimate of drug-likeness (QED) is 0.326. The number of benzene rings is 2. The van der Waals surface area contributed by atoms with E-state index >= 15 is 0 Å². The van der Waals surface area contributed by atoms with Crippen LogP contribution in [0.5, 0.6) is 11.5 Å². The SMILES string of the molecule is O=C(OCc1cc([N+](=O)[O-])cc2c1OCOC2)c1ccc(COc2ccccc2)o1. The molecule has 9 heteroatoms. The molecule has 0 spiro atoms. The molecule has 0 unspecified atom stereocenters. The molecule has 4 rings (SSSR count). The monoisotopic (exact) mass is 411 g/mol. The number of carbonyl (C=O) groups is 1. The minimum atomic E-state index is -0.701. The van der Waals surface area contributed by atoms with E-state index < -0.39 is 10.9 Å². The highest BCUT2D eigenvalue weighted by molar-refractivity contribution is 5.86. The van der Waals surface area contributed by atoms with Crippen molar-refractivity contribution in [3.63, 3.8) is 0 Å². The highest BCUT2D eigenvalue weighted by atomic mass is 16.7. The highest BCUT2D eigenvalue weighted by Gasteiger charge is 2.22. The van der Waals surface area contributed by atoms with E-state index in [1.807, 2.05) is 30.3 Å². The molecule has 0 saturated carbocycles. The van der Waals surface area contributed by atoms with Crippen molar-refractivity contribution >= 4 is 11.7 Å². The van der Waals surface area contributed by atoms with Gasteiger partial charge in [-0.3, -0.25) is 10.1 Å². The van der Waals surface area contributed by atoms with Crippen molar-refractivity contribution in [2.75, 3.05) is 6.79 Å². The Morgan fingerprint density at radius 2 is 1.93 bits per heavy atom. The summed E-state index contributed by atoms with van der Waals surface area (Å²) in [7, 11) is 0. The van der Waals surface area contributed by atoms with E-state index in [0.29, 0.717) is 28.4 Å². The molecule has 0 aliphatic carbocycles. The average molecular weight is 411 g/mol. The molecule has 0 saturated heterocycles. The minimum absolute atomic E-state index is 0.00483. The molecule has 0 N–H and O–H groups in total. The maximum atomic E-state index is 12.3. The molecular formula is C21H17NO8. The number of ether oxygens (including phenoxy) is 4. The number of furan rings is 1. The van der Waals surface area contributed by atoms with Gasteiger partial charge >= 0.3 is 5.97 Å². The summed E-state index contributed by atoms with van der Waals surface area (Å²) in [5.74, 6) is 0.867. The van der Waals surface area contributed by atoms with Crippen LogP contribution in [-0.2, 0) is 29.3 Å². The van der Waals surface area contributed by atoms with Crippen LogP contribution < -0.4 is 9.47 Å². The fourth-order valence-electron chi connectivity index (χ4n) is 2.94. The molecule has 3 aromatic rings. The molecule has 2 heterocycles. The van der Waals surface area contributed by atoms with Gasteiger partial charge < -0.3 is 23.4 Å². The zero-order valence-corrected chi connectivity index (χ0v) is 15.7. The third-order valence-corrected chi connectivity index (χ3v) is 4.33. The first-order valence-corrected chi connectivity index (χ1v) is 9.04. The number of non-ortho nitro benzene ring substituents is 1. The summed E-state index contributed by atoms with van der Waals surface area (Å²) in [4.78, 5) is 23.0. The Balaban J connectivity index is 1.41. The number of hydrogen-bond donors (Lipinski definition) is 0. The molecule has 2 aromatic carbocycles. The van der Waals surface area contributed by atoms with Crippen molar-refractivity contribution in [2.45, 2.75) is 19.8 Å². The predicted molar refractivity (Wildman–Crippen MR) is 102 cm³/mol. The van der Waals surface area contributed by atoms with Crippen molar-refractivity contribution in [3.05, 3.63) is 87.4 Å². The number of nitrogens with zero attached hydrogens (tertiary/aromatic N) is 1. The average Bonchev–Trinajstić information content (AvgIpc) is 3.25. The van der Waals surface area contributed by atoms with Crippen molar-refractivity contribution < 1.29 is 33.1 Å². The van der Waals surface area contributed by atoms with E-state index in [1.165, 1.54) is 18.2 Å². The van der Waals surface area contributed by atoms with Crippen LogP contribution in [0, 0.1) is 10.1 Å². The van der Waals surface area contributed by atoms with Gasteiger partial charge in [0.1, 0.15) is 30.5 Å². The summed E-state index contributed by atoms with van der Waals surface area (Å²) in [5.41, 5.74) is 0.780. The zero-order chi connectivity index (χ0) is 20.9. The van der Waals surface area contributed by atoms with Gasteiger partial charge in [0.15, 0.2) is 6.79 Å². The zero-order valence-electron chi connectivity index (χ0n) is 15.7. The molecule has 154 valence electrons. The second-order valence-electron chi connectivity index (χ2n) is 6.40. The Labute approximate surface area is 170 Å². The van der Waals surface area contributed by atoms with Crippen LogP contribution in [0.1, 0.15) is 27.4 Å². The van der Waals surface area contributed by atoms with Crippen molar-refractivity contribution in [2.24, 2.45) is 0 Å².